The van der Waals surface area contributed by atoms with Crippen molar-refractivity contribution in [1.29, 1.82) is 0 Å². The number of anilines is 1. The van der Waals surface area contributed by atoms with Crippen molar-refractivity contribution >= 4 is 15.7 Å². The molecule has 0 bridgehead atoms. The van der Waals surface area contributed by atoms with Gasteiger partial charge in [0, 0.05) is 16.8 Å². The first-order chi connectivity index (χ1) is 13.1. The van der Waals surface area contributed by atoms with E-state index in [1.165, 1.54) is 6.39 Å². The molecule has 0 atom stereocenters. The van der Waals surface area contributed by atoms with E-state index in [2.05, 4.69) is 9.71 Å². The fourth-order valence-corrected chi connectivity index (χ4v) is 4.12. The zero-order chi connectivity index (χ0) is 18.7. The van der Waals surface area contributed by atoms with Gasteiger partial charge >= 0.3 is 0 Å². The molecule has 0 aliphatic heterocycles. The van der Waals surface area contributed by atoms with Crippen LogP contribution >= 0.6 is 0 Å². The van der Waals surface area contributed by atoms with E-state index < -0.39 is 10.0 Å². The van der Waals surface area contributed by atoms with Gasteiger partial charge in [-0.2, -0.15) is 0 Å². The van der Waals surface area contributed by atoms with Crippen molar-refractivity contribution < 1.29 is 12.8 Å². The zero-order valence-corrected chi connectivity index (χ0v) is 15.1. The van der Waals surface area contributed by atoms with Gasteiger partial charge in [0.05, 0.1) is 11.1 Å². The van der Waals surface area contributed by atoms with Crippen LogP contribution in [-0.4, -0.2) is 13.4 Å². The lowest BCUT2D eigenvalue weighted by Gasteiger charge is -2.13. The second-order valence-electron chi connectivity index (χ2n) is 5.91. The lowest BCUT2D eigenvalue weighted by molar-refractivity contribution is 0.572. The van der Waals surface area contributed by atoms with Crippen molar-refractivity contribution in [2.24, 2.45) is 0 Å². The second kappa shape index (κ2) is 7.09. The van der Waals surface area contributed by atoms with Gasteiger partial charge in [-0.3, -0.25) is 4.72 Å². The van der Waals surface area contributed by atoms with Crippen molar-refractivity contribution in [2.75, 3.05) is 4.72 Å². The molecule has 0 amide bonds. The Morgan fingerprint density at radius 3 is 2.19 bits per heavy atom. The average Bonchev–Trinajstić information content (AvgIpc) is 3.24. The Balaban J connectivity index is 1.65. The van der Waals surface area contributed by atoms with E-state index in [1.54, 1.807) is 48.7 Å². The largest absolute Gasteiger partial charge is 0.444 e. The van der Waals surface area contributed by atoms with Crippen molar-refractivity contribution in [3.8, 4) is 22.5 Å². The maximum Gasteiger partial charge on any atom is 0.262 e. The molecule has 1 heterocycles. The molecule has 3 aromatic carbocycles. The molecule has 0 saturated carbocycles. The van der Waals surface area contributed by atoms with Crippen molar-refractivity contribution in [2.45, 2.75) is 4.90 Å². The van der Waals surface area contributed by atoms with Gasteiger partial charge in [-0.25, -0.2) is 13.4 Å². The summed E-state index contributed by atoms with van der Waals surface area (Å²) in [7, 11) is -3.74. The summed E-state index contributed by atoms with van der Waals surface area (Å²) in [6.45, 7) is 0. The van der Waals surface area contributed by atoms with Crippen molar-refractivity contribution in [3.63, 3.8) is 0 Å². The smallest absolute Gasteiger partial charge is 0.262 e. The molecule has 0 unspecified atom stereocenters. The van der Waals surface area contributed by atoms with Crippen LogP contribution in [0.2, 0.25) is 0 Å². The van der Waals surface area contributed by atoms with E-state index in [0.717, 1.165) is 11.1 Å². The zero-order valence-electron chi connectivity index (χ0n) is 14.2. The molecule has 6 heteroatoms. The van der Waals surface area contributed by atoms with Crippen LogP contribution in [0.15, 0.2) is 101 Å². The number of oxazole rings is 1. The van der Waals surface area contributed by atoms with Crippen LogP contribution in [0.25, 0.3) is 22.5 Å². The van der Waals surface area contributed by atoms with Crippen LogP contribution < -0.4 is 4.72 Å². The summed E-state index contributed by atoms with van der Waals surface area (Å²) in [5.74, 6) is 0.624. The maximum absolute atomic E-state index is 13.0. The van der Waals surface area contributed by atoms with Gasteiger partial charge in [-0.15, -0.1) is 0 Å². The Morgan fingerprint density at radius 1 is 0.778 bits per heavy atom. The fourth-order valence-electron chi connectivity index (χ4n) is 2.83. The van der Waals surface area contributed by atoms with Crippen LogP contribution in [0.3, 0.4) is 0 Å². The van der Waals surface area contributed by atoms with E-state index in [4.69, 9.17) is 4.42 Å². The number of hydrogen-bond donors (Lipinski definition) is 1. The van der Waals surface area contributed by atoms with Crippen molar-refractivity contribution in [1.82, 2.24) is 4.98 Å². The summed E-state index contributed by atoms with van der Waals surface area (Å²) >= 11 is 0. The molecule has 5 nitrogen and oxygen atoms in total. The number of aromatic nitrogens is 1. The minimum atomic E-state index is -3.74. The number of hydrogen-bond acceptors (Lipinski definition) is 4. The standard InChI is InChI=1S/C21H16N2O3S/c24-27(25,21-9-5-4-8-19(21)16-6-2-1-3-7-16)23-18-12-10-17(11-13-18)20-14-22-15-26-20/h1-15,23H. The first-order valence-electron chi connectivity index (χ1n) is 8.30. The highest BCUT2D eigenvalue weighted by molar-refractivity contribution is 7.92. The Bertz CT molecular complexity index is 1140. The first-order valence-corrected chi connectivity index (χ1v) is 9.78. The Hall–Kier alpha value is -3.38. The van der Waals surface area contributed by atoms with Crippen molar-refractivity contribution in [3.05, 3.63) is 91.5 Å². The summed E-state index contributed by atoms with van der Waals surface area (Å²) in [6.07, 6.45) is 2.96. The van der Waals surface area contributed by atoms with Crippen LogP contribution in [-0.2, 0) is 10.0 Å². The molecule has 0 aliphatic carbocycles. The molecule has 0 spiro atoms. The molecule has 1 aromatic heterocycles. The molecule has 1 N–H and O–H groups in total. The molecule has 0 fully saturated rings. The number of rotatable bonds is 5. The SMILES string of the molecule is O=S(=O)(Nc1ccc(-c2cnco2)cc1)c1ccccc1-c1ccccc1. The van der Waals surface area contributed by atoms with E-state index in [1.807, 2.05) is 36.4 Å². The number of nitrogens with zero attached hydrogens (tertiary/aromatic N) is 1. The minimum absolute atomic E-state index is 0.232. The Labute approximate surface area is 157 Å². The molecule has 0 saturated heterocycles. The quantitative estimate of drug-likeness (QED) is 0.542. The molecular formula is C21H16N2O3S. The van der Waals surface area contributed by atoms with Gasteiger partial charge in [-0.1, -0.05) is 48.5 Å². The van der Waals surface area contributed by atoms with E-state index in [0.29, 0.717) is 17.0 Å². The van der Waals surface area contributed by atoms with Gasteiger partial charge in [0.1, 0.15) is 0 Å². The van der Waals surface area contributed by atoms with Gasteiger partial charge in [0.15, 0.2) is 12.2 Å². The molecule has 134 valence electrons. The number of nitrogens with one attached hydrogen (secondary N) is 1. The summed E-state index contributed by atoms with van der Waals surface area (Å²) < 4.78 is 33.8. The highest BCUT2D eigenvalue weighted by Gasteiger charge is 2.19. The summed E-state index contributed by atoms with van der Waals surface area (Å²) in [4.78, 5) is 4.11. The van der Waals surface area contributed by atoms with E-state index >= 15 is 0 Å². The Morgan fingerprint density at radius 2 is 1.48 bits per heavy atom. The summed E-state index contributed by atoms with van der Waals surface area (Å²) in [5.41, 5.74) is 2.80. The fraction of sp³-hybridized carbons (Fsp3) is 0. The molecule has 4 rings (SSSR count). The predicted molar refractivity (Wildman–Crippen MR) is 105 cm³/mol. The predicted octanol–water partition coefficient (Wildman–Crippen LogP) is 4.81. The average molecular weight is 376 g/mol. The molecule has 0 aliphatic rings. The summed E-state index contributed by atoms with van der Waals surface area (Å²) in [5, 5.41) is 0. The van der Waals surface area contributed by atoms with Crippen LogP contribution in [0.4, 0.5) is 5.69 Å². The normalized spacial score (nSPS) is 11.3. The molecular weight excluding hydrogens is 360 g/mol. The third kappa shape index (κ3) is 3.61. The van der Waals surface area contributed by atoms with Gasteiger partial charge in [0.2, 0.25) is 0 Å². The topological polar surface area (TPSA) is 72.2 Å². The van der Waals surface area contributed by atoms with Gasteiger partial charge < -0.3 is 4.42 Å². The maximum atomic E-state index is 13.0. The van der Waals surface area contributed by atoms with Crippen LogP contribution in [0, 0.1) is 0 Å². The second-order valence-corrected chi connectivity index (χ2v) is 7.56. The lowest BCUT2D eigenvalue weighted by atomic mass is 10.1. The Kier molecular flexibility index (Phi) is 4.48. The highest BCUT2D eigenvalue weighted by atomic mass is 32.2. The molecule has 4 aromatic rings. The first kappa shape index (κ1) is 17.1. The highest BCUT2D eigenvalue weighted by Crippen LogP contribution is 2.29. The number of benzene rings is 3. The summed E-state index contributed by atoms with van der Waals surface area (Å²) in [6, 6.07) is 23.3. The van der Waals surface area contributed by atoms with Gasteiger partial charge in [-0.05, 0) is 35.9 Å². The molecule has 0 radical (unpaired) electrons. The monoisotopic (exact) mass is 376 g/mol. The van der Waals surface area contributed by atoms with Crippen LogP contribution in [0.5, 0.6) is 0 Å². The number of sulfonamides is 1. The van der Waals surface area contributed by atoms with Gasteiger partial charge in [0.25, 0.3) is 10.0 Å². The lowest BCUT2D eigenvalue weighted by Crippen LogP contribution is -2.14. The minimum Gasteiger partial charge on any atom is -0.444 e. The van der Waals surface area contributed by atoms with E-state index in [-0.39, 0.29) is 4.90 Å². The van der Waals surface area contributed by atoms with E-state index in [9.17, 15) is 8.42 Å². The van der Waals surface area contributed by atoms with Crippen LogP contribution in [0.1, 0.15) is 0 Å². The third-order valence-electron chi connectivity index (χ3n) is 4.12. The third-order valence-corrected chi connectivity index (χ3v) is 5.55. The molecule has 27 heavy (non-hydrogen) atoms.